The van der Waals surface area contributed by atoms with E-state index in [1.165, 1.54) is 6.07 Å². The standard InChI is InChI=1S/C13H8Br2ClFN2O/c14-6-1-2-8(11(18)3-6)13(20)19-12-9(15)4-7(17)5-10(12)16/h1-5H,18H2,(H,19,20). The Labute approximate surface area is 136 Å². The Morgan fingerprint density at radius 2 is 1.95 bits per heavy atom. The van der Waals surface area contributed by atoms with Crippen molar-refractivity contribution in [2.75, 3.05) is 11.1 Å². The van der Waals surface area contributed by atoms with Crippen molar-refractivity contribution >= 4 is 60.7 Å². The second kappa shape index (κ2) is 6.11. The topological polar surface area (TPSA) is 55.1 Å². The molecule has 0 saturated carbocycles. The molecule has 0 bridgehead atoms. The first-order chi connectivity index (χ1) is 9.38. The molecular weight excluding hydrogens is 414 g/mol. The van der Waals surface area contributed by atoms with Crippen LogP contribution in [0.5, 0.6) is 0 Å². The molecule has 0 aliphatic rings. The number of hydrogen-bond donors (Lipinski definition) is 2. The zero-order valence-corrected chi connectivity index (χ0v) is 13.8. The van der Waals surface area contributed by atoms with Gasteiger partial charge in [0, 0.05) is 14.6 Å². The van der Waals surface area contributed by atoms with Crippen LogP contribution in [0.1, 0.15) is 10.4 Å². The predicted molar refractivity (Wildman–Crippen MR) is 85.6 cm³/mol. The molecule has 20 heavy (non-hydrogen) atoms. The maximum Gasteiger partial charge on any atom is 0.257 e. The average Bonchev–Trinajstić information content (AvgIpc) is 2.33. The summed E-state index contributed by atoms with van der Waals surface area (Å²) in [7, 11) is 0. The summed E-state index contributed by atoms with van der Waals surface area (Å²) >= 11 is 12.3. The highest BCUT2D eigenvalue weighted by Crippen LogP contribution is 2.32. The number of halogens is 4. The number of rotatable bonds is 2. The van der Waals surface area contributed by atoms with Gasteiger partial charge in [0.25, 0.3) is 5.91 Å². The van der Waals surface area contributed by atoms with Gasteiger partial charge in [0.2, 0.25) is 0 Å². The van der Waals surface area contributed by atoms with Gasteiger partial charge in [0.05, 0.1) is 16.3 Å². The molecule has 1 amide bonds. The number of nitrogen functional groups attached to an aromatic ring is 1. The number of benzene rings is 2. The zero-order valence-electron chi connectivity index (χ0n) is 9.88. The molecule has 2 aromatic rings. The number of hydrogen-bond acceptors (Lipinski definition) is 2. The highest BCUT2D eigenvalue weighted by atomic mass is 79.9. The quantitative estimate of drug-likeness (QED) is 0.681. The molecule has 104 valence electrons. The molecule has 7 heteroatoms. The minimum Gasteiger partial charge on any atom is -0.398 e. The lowest BCUT2D eigenvalue weighted by molar-refractivity contribution is 0.102. The van der Waals surface area contributed by atoms with E-state index in [-0.39, 0.29) is 5.02 Å². The molecule has 0 fully saturated rings. The van der Waals surface area contributed by atoms with Gasteiger partial charge >= 0.3 is 0 Å². The summed E-state index contributed by atoms with van der Waals surface area (Å²) in [5, 5.41) is 2.70. The zero-order chi connectivity index (χ0) is 14.9. The summed E-state index contributed by atoms with van der Waals surface area (Å²) in [6.45, 7) is 0. The maximum absolute atomic E-state index is 13.1. The van der Waals surface area contributed by atoms with Crippen molar-refractivity contribution in [2.24, 2.45) is 0 Å². The van der Waals surface area contributed by atoms with Gasteiger partial charge < -0.3 is 11.1 Å². The Bertz CT molecular complexity index is 671. The average molecular weight is 422 g/mol. The van der Waals surface area contributed by atoms with Crippen LogP contribution in [0.2, 0.25) is 5.02 Å². The normalized spacial score (nSPS) is 10.4. The number of nitrogens with two attached hydrogens (primary N) is 1. The van der Waals surface area contributed by atoms with Gasteiger partial charge in [0.1, 0.15) is 5.82 Å². The van der Waals surface area contributed by atoms with Gasteiger partial charge in [-0.2, -0.15) is 0 Å². The number of anilines is 2. The highest BCUT2D eigenvalue weighted by Gasteiger charge is 2.15. The molecule has 0 radical (unpaired) electrons. The van der Waals surface area contributed by atoms with E-state index in [0.29, 0.717) is 21.4 Å². The minimum absolute atomic E-state index is 0.0981. The largest absolute Gasteiger partial charge is 0.398 e. The fourth-order valence-electron chi connectivity index (χ4n) is 1.58. The van der Waals surface area contributed by atoms with Crippen molar-refractivity contribution < 1.29 is 9.18 Å². The molecule has 0 aliphatic heterocycles. The van der Waals surface area contributed by atoms with E-state index in [1.807, 2.05) is 0 Å². The van der Waals surface area contributed by atoms with E-state index in [9.17, 15) is 9.18 Å². The van der Waals surface area contributed by atoms with Crippen LogP contribution in [0.15, 0.2) is 39.3 Å². The molecule has 2 aromatic carbocycles. The SMILES string of the molecule is Nc1cc(Br)ccc1C(=O)Nc1c(Cl)cc(F)cc1Br. The summed E-state index contributed by atoms with van der Waals surface area (Å²) in [4.78, 5) is 12.2. The monoisotopic (exact) mass is 420 g/mol. The summed E-state index contributed by atoms with van der Waals surface area (Å²) in [5.41, 5.74) is 6.70. The molecule has 3 N–H and O–H groups in total. The lowest BCUT2D eigenvalue weighted by Crippen LogP contribution is -2.14. The molecule has 2 rings (SSSR count). The van der Waals surface area contributed by atoms with Crippen LogP contribution in [0, 0.1) is 5.82 Å². The number of nitrogens with one attached hydrogen (secondary N) is 1. The Balaban J connectivity index is 2.33. The first-order valence-corrected chi connectivity index (χ1v) is 7.36. The van der Waals surface area contributed by atoms with Crippen LogP contribution in [-0.2, 0) is 0 Å². The second-order valence-corrected chi connectivity index (χ2v) is 6.11. The summed E-state index contributed by atoms with van der Waals surface area (Å²) in [6, 6.07) is 7.24. The van der Waals surface area contributed by atoms with Gasteiger partial charge in [0.15, 0.2) is 0 Å². The number of carbonyl (C=O) groups is 1. The molecular formula is C13H8Br2ClFN2O. The van der Waals surface area contributed by atoms with Crippen molar-refractivity contribution in [3.63, 3.8) is 0 Å². The van der Waals surface area contributed by atoms with Crippen LogP contribution in [0.4, 0.5) is 15.8 Å². The summed E-state index contributed by atoms with van der Waals surface area (Å²) in [6.07, 6.45) is 0. The van der Waals surface area contributed by atoms with Crippen molar-refractivity contribution in [1.82, 2.24) is 0 Å². The Hall–Kier alpha value is -1.11. The van der Waals surface area contributed by atoms with Crippen molar-refractivity contribution in [3.05, 3.63) is 55.7 Å². The second-order valence-electron chi connectivity index (χ2n) is 3.93. The highest BCUT2D eigenvalue weighted by molar-refractivity contribution is 9.10. The first kappa shape index (κ1) is 15.3. The third-order valence-electron chi connectivity index (χ3n) is 2.50. The van der Waals surface area contributed by atoms with Gasteiger partial charge in [-0.25, -0.2) is 4.39 Å². The molecule has 0 atom stereocenters. The van der Waals surface area contributed by atoms with E-state index >= 15 is 0 Å². The van der Waals surface area contributed by atoms with E-state index in [0.717, 1.165) is 10.5 Å². The van der Waals surface area contributed by atoms with Crippen molar-refractivity contribution in [2.45, 2.75) is 0 Å². The van der Waals surface area contributed by atoms with E-state index in [1.54, 1.807) is 18.2 Å². The molecule has 0 heterocycles. The van der Waals surface area contributed by atoms with Crippen molar-refractivity contribution in [3.8, 4) is 0 Å². The van der Waals surface area contributed by atoms with Gasteiger partial charge in [-0.3, -0.25) is 4.79 Å². The molecule has 3 nitrogen and oxygen atoms in total. The maximum atomic E-state index is 13.1. The number of carbonyl (C=O) groups excluding carboxylic acids is 1. The Morgan fingerprint density at radius 1 is 1.25 bits per heavy atom. The molecule has 0 spiro atoms. The smallest absolute Gasteiger partial charge is 0.257 e. The minimum atomic E-state index is -0.497. The first-order valence-electron chi connectivity index (χ1n) is 5.39. The fourth-order valence-corrected chi connectivity index (χ4v) is 2.86. The third kappa shape index (κ3) is 3.31. The van der Waals surface area contributed by atoms with Crippen LogP contribution >= 0.6 is 43.5 Å². The van der Waals surface area contributed by atoms with E-state index < -0.39 is 11.7 Å². The molecule has 0 saturated heterocycles. The van der Waals surface area contributed by atoms with E-state index in [2.05, 4.69) is 37.2 Å². The summed E-state index contributed by atoms with van der Waals surface area (Å²) in [5.74, 6) is -0.924. The Kier molecular flexibility index (Phi) is 4.67. The van der Waals surface area contributed by atoms with E-state index in [4.69, 9.17) is 17.3 Å². The van der Waals surface area contributed by atoms with Gasteiger partial charge in [-0.15, -0.1) is 0 Å². The molecule has 0 aliphatic carbocycles. The molecule has 0 unspecified atom stereocenters. The lowest BCUT2D eigenvalue weighted by Gasteiger charge is -2.11. The van der Waals surface area contributed by atoms with Crippen LogP contribution in [-0.4, -0.2) is 5.91 Å². The predicted octanol–water partition coefficient (Wildman–Crippen LogP) is 4.84. The van der Waals surface area contributed by atoms with Gasteiger partial charge in [-0.1, -0.05) is 27.5 Å². The lowest BCUT2D eigenvalue weighted by atomic mass is 10.1. The van der Waals surface area contributed by atoms with Crippen molar-refractivity contribution in [1.29, 1.82) is 0 Å². The van der Waals surface area contributed by atoms with Crippen LogP contribution in [0.3, 0.4) is 0 Å². The third-order valence-corrected chi connectivity index (χ3v) is 3.92. The number of amides is 1. The van der Waals surface area contributed by atoms with Crippen LogP contribution < -0.4 is 11.1 Å². The Morgan fingerprint density at radius 3 is 2.55 bits per heavy atom. The summed E-state index contributed by atoms with van der Waals surface area (Å²) < 4.78 is 14.2. The fraction of sp³-hybridized carbons (Fsp3) is 0. The van der Waals surface area contributed by atoms with Crippen LogP contribution in [0.25, 0.3) is 0 Å². The molecule has 0 aromatic heterocycles. The van der Waals surface area contributed by atoms with Gasteiger partial charge in [-0.05, 0) is 46.3 Å².